The Kier molecular flexibility index (Phi) is 5.53. The molecule has 6 nitrogen and oxygen atoms in total. The molecule has 3 aromatic rings. The first kappa shape index (κ1) is 19.2. The van der Waals surface area contributed by atoms with E-state index < -0.39 is 0 Å². The lowest BCUT2D eigenvalue weighted by molar-refractivity contribution is 0.145. The highest BCUT2D eigenvalue weighted by molar-refractivity contribution is 6.30. The highest BCUT2D eigenvalue weighted by Gasteiger charge is 2.33. The molecule has 1 fully saturated rings. The molecule has 1 saturated carbocycles. The molecule has 0 saturated heterocycles. The van der Waals surface area contributed by atoms with Gasteiger partial charge in [0.25, 0.3) is 0 Å². The number of nitrogens with one attached hydrogen (secondary N) is 1. The van der Waals surface area contributed by atoms with E-state index in [1.165, 1.54) is 16.7 Å². The predicted octanol–water partition coefficient (Wildman–Crippen LogP) is 3.17. The van der Waals surface area contributed by atoms with E-state index in [9.17, 15) is 5.11 Å². The van der Waals surface area contributed by atoms with Crippen molar-refractivity contribution in [3.63, 3.8) is 0 Å². The Morgan fingerprint density at radius 3 is 2.82 bits per heavy atom. The van der Waals surface area contributed by atoms with Crippen molar-refractivity contribution >= 4 is 11.6 Å². The fourth-order valence-corrected chi connectivity index (χ4v) is 4.31. The van der Waals surface area contributed by atoms with E-state index in [-0.39, 0.29) is 12.1 Å². The van der Waals surface area contributed by atoms with Gasteiger partial charge in [0, 0.05) is 44.1 Å². The summed E-state index contributed by atoms with van der Waals surface area (Å²) in [5.74, 6) is 0.387. The number of aliphatic hydroxyl groups is 1. The van der Waals surface area contributed by atoms with Crippen LogP contribution >= 0.6 is 11.6 Å². The number of hydrogen-bond acceptors (Lipinski definition) is 4. The lowest BCUT2D eigenvalue weighted by Gasteiger charge is -2.18. The van der Waals surface area contributed by atoms with E-state index in [0.717, 1.165) is 25.1 Å². The molecule has 148 valence electrons. The molecular formula is C21H26ClN5O. The minimum absolute atomic E-state index is 0.0803. The van der Waals surface area contributed by atoms with Gasteiger partial charge >= 0.3 is 0 Å². The average molecular weight is 400 g/mol. The molecule has 0 bridgehead atoms. The van der Waals surface area contributed by atoms with Crippen molar-refractivity contribution in [2.45, 2.75) is 45.0 Å². The normalized spacial score (nSPS) is 22.1. The summed E-state index contributed by atoms with van der Waals surface area (Å²) >= 11 is 5.95. The van der Waals surface area contributed by atoms with E-state index in [1.807, 2.05) is 34.9 Å². The SMILES string of the molecule is Cc1ccc(CN[C@@H]2CC(Cn3cc(Cl)cn3)C[C@H]2O)c(-c2ccnn2C)c1. The second-order valence-electron chi connectivity index (χ2n) is 7.77. The zero-order valence-electron chi connectivity index (χ0n) is 16.2. The second kappa shape index (κ2) is 8.07. The fraction of sp³-hybridized carbons (Fsp3) is 0.429. The molecule has 1 aromatic carbocycles. The van der Waals surface area contributed by atoms with Gasteiger partial charge in [0.15, 0.2) is 0 Å². The Balaban J connectivity index is 1.43. The van der Waals surface area contributed by atoms with E-state index in [2.05, 4.69) is 40.6 Å². The van der Waals surface area contributed by atoms with Crippen LogP contribution in [-0.4, -0.2) is 36.8 Å². The molecule has 0 amide bonds. The quantitative estimate of drug-likeness (QED) is 0.668. The van der Waals surface area contributed by atoms with Gasteiger partial charge in [-0.1, -0.05) is 29.3 Å². The van der Waals surface area contributed by atoms with Gasteiger partial charge in [0.1, 0.15) is 0 Å². The van der Waals surface area contributed by atoms with Crippen LogP contribution in [0.1, 0.15) is 24.0 Å². The summed E-state index contributed by atoms with van der Waals surface area (Å²) in [6.07, 6.45) is 6.66. The largest absolute Gasteiger partial charge is 0.391 e. The van der Waals surface area contributed by atoms with Crippen molar-refractivity contribution in [3.05, 3.63) is 59.0 Å². The number of aromatic nitrogens is 4. The number of nitrogens with zero attached hydrogens (tertiary/aromatic N) is 4. The van der Waals surface area contributed by atoms with Crippen LogP contribution < -0.4 is 5.32 Å². The van der Waals surface area contributed by atoms with Crippen LogP contribution in [0.3, 0.4) is 0 Å². The number of aliphatic hydroxyl groups excluding tert-OH is 1. The minimum atomic E-state index is -0.346. The number of rotatable bonds is 6. The first-order valence-electron chi connectivity index (χ1n) is 9.67. The smallest absolute Gasteiger partial charge is 0.0785 e. The third-order valence-electron chi connectivity index (χ3n) is 5.59. The van der Waals surface area contributed by atoms with Crippen molar-refractivity contribution in [2.24, 2.45) is 13.0 Å². The second-order valence-corrected chi connectivity index (χ2v) is 8.21. The van der Waals surface area contributed by atoms with E-state index in [0.29, 0.717) is 17.5 Å². The highest BCUT2D eigenvalue weighted by Crippen LogP contribution is 2.29. The minimum Gasteiger partial charge on any atom is -0.391 e. The first-order chi connectivity index (χ1) is 13.5. The first-order valence-corrected chi connectivity index (χ1v) is 10.0. The summed E-state index contributed by atoms with van der Waals surface area (Å²) in [5, 5.41) is 23.3. The van der Waals surface area contributed by atoms with Crippen LogP contribution in [0.25, 0.3) is 11.3 Å². The molecule has 3 atom stereocenters. The highest BCUT2D eigenvalue weighted by atomic mass is 35.5. The zero-order chi connectivity index (χ0) is 19.7. The molecule has 0 spiro atoms. The van der Waals surface area contributed by atoms with Gasteiger partial charge < -0.3 is 10.4 Å². The van der Waals surface area contributed by atoms with E-state index >= 15 is 0 Å². The number of halogens is 1. The molecule has 1 aliphatic rings. The molecule has 28 heavy (non-hydrogen) atoms. The van der Waals surface area contributed by atoms with Gasteiger partial charge in [-0.05, 0) is 43.4 Å². The van der Waals surface area contributed by atoms with Crippen molar-refractivity contribution in [2.75, 3.05) is 0 Å². The maximum Gasteiger partial charge on any atom is 0.0785 e. The summed E-state index contributed by atoms with van der Waals surface area (Å²) in [5.41, 5.74) is 4.71. The molecule has 1 aliphatic carbocycles. The van der Waals surface area contributed by atoms with Crippen molar-refractivity contribution < 1.29 is 5.11 Å². The Morgan fingerprint density at radius 1 is 1.25 bits per heavy atom. The fourth-order valence-electron chi connectivity index (χ4n) is 4.15. The molecular weight excluding hydrogens is 374 g/mol. The Morgan fingerprint density at radius 2 is 2.11 bits per heavy atom. The predicted molar refractivity (Wildman–Crippen MR) is 110 cm³/mol. The van der Waals surface area contributed by atoms with Crippen LogP contribution in [0.2, 0.25) is 5.02 Å². The average Bonchev–Trinajstić information content (AvgIpc) is 3.35. The van der Waals surface area contributed by atoms with Gasteiger partial charge in [-0.3, -0.25) is 9.36 Å². The Hall–Kier alpha value is -2.15. The monoisotopic (exact) mass is 399 g/mol. The molecule has 2 aromatic heterocycles. The van der Waals surface area contributed by atoms with Crippen molar-refractivity contribution in [1.29, 1.82) is 0 Å². The summed E-state index contributed by atoms with van der Waals surface area (Å²) in [4.78, 5) is 0. The maximum absolute atomic E-state index is 10.5. The summed E-state index contributed by atoms with van der Waals surface area (Å²) in [6, 6.07) is 8.61. The summed E-state index contributed by atoms with van der Waals surface area (Å²) in [6.45, 7) is 3.60. The Bertz CT molecular complexity index is 950. The molecule has 4 rings (SSSR count). The third kappa shape index (κ3) is 4.14. The molecule has 0 radical (unpaired) electrons. The van der Waals surface area contributed by atoms with E-state index in [4.69, 9.17) is 11.6 Å². The number of benzene rings is 1. The Labute approximate surface area is 170 Å². The summed E-state index contributed by atoms with van der Waals surface area (Å²) < 4.78 is 3.76. The van der Waals surface area contributed by atoms with Gasteiger partial charge in [0.2, 0.25) is 0 Å². The topological polar surface area (TPSA) is 67.9 Å². The van der Waals surface area contributed by atoms with Crippen LogP contribution in [0.15, 0.2) is 42.9 Å². The van der Waals surface area contributed by atoms with Crippen LogP contribution in [-0.2, 0) is 20.1 Å². The van der Waals surface area contributed by atoms with Gasteiger partial charge in [-0.2, -0.15) is 10.2 Å². The number of aryl methyl sites for hydroxylation is 2. The third-order valence-corrected chi connectivity index (χ3v) is 5.79. The van der Waals surface area contributed by atoms with Gasteiger partial charge in [0.05, 0.1) is 23.0 Å². The van der Waals surface area contributed by atoms with Crippen LogP contribution in [0.4, 0.5) is 0 Å². The van der Waals surface area contributed by atoms with Crippen molar-refractivity contribution in [1.82, 2.24) is 24.9 Å². The molecule has 2 N–H and O–H groups in total. The maximum atomic E-state index is 10.5. The van der Waals surface area contributed by atoms with Crippen molar-refractivity contribution in [3.8, 4) is 11.3 Å². The lowest BCUT2D eigenvalue weighted by Crippen LogP contribution is -2.35. The van der Waals surface area contributed by atoms with Gasteiger partial charge in [-0.25, -0.2) is 0 Å². The summed E-state index contributed by atoms with van der Waals surface area (Å²) in [7, 11) is 1.96. The molecule has 2 heterocycles. The standard InChI is InChI=1S/C21H26ClN5O/c1-14-3-4-16(18(7-14)20-5-6-24-26(20)2)10-23-19-8-15(9-21(19)28)12-27-13-17(22)11-25-27/h3-7,11,13,15,19,21,23,28H,8-10,12H2,1-2H3/t15?,19-,21-/m1/s1. The van der Waals surface area contributed by atoms with E-state index in [1.54, 1.807) is 6.20 Å². The molecule has 0 aliphatic heterocycles. The van der Waals surface area contributed by atoms with Crippen LogP contribution in [0.5, 0.6) is 0 Å². The lowest BCUT2D eigenvalue weighted by atomic mass is 10.0. The number of hydrogen-bond donors (Lipinski definition) is 2. The van der Waals surface area contributed by atoms with Gasteiger partial charge in [-0.15, -0.1) is 0 Å². The zero-order valence-corrected chi connectivity index (χ0v) is 17.0. The van der Waals surface area contributed by atoms with Crippen LogP contribution in [0, 0.1) is 12.8 Å². The molecule has 1 unspecified atom stereocenters. The molecule has 7 heteroatoms.